The fraction of sp³-hybridized carbons (Fsp3) is 0.714. The van der Waals surface area contributed by atoms with Gasteiger partial charge in [-0.1, -0.05) is 0 Å². The highest BCUT2D eigenvalue weighted by Crippen LogP contribution is 2.21. The molecule has 3 rings (SSSR count). The number of anilines is 1. The number of hydrogen-bond acceptors (Lipinski definition) is 5. The van der Waals surface area contributed by atoms with E-state index >= 15 is 0 Å². The number of piperidine rings is 1. The number of ether oxygens (including phenoxy) is 1. The third kappa shape index (κ3) is 3.04. The van der Waals surface area contributed by atoms with Crippen molar-refractivity contribution in [3.05, 3.63) is 18.6 Å². The predicted molar refractivity (Wildman–Crippen MR) is 74.3 cm³/mol. The monoisotopic (exact) mass is 262 g/mol. The van der Waals surface area contributed by atoms with E-state index in [4.69, 9.17) is 4.74 Å². The van der Waals surface area contributed by atoms with E-state index in [9.17, 15) is 0 Å². The van der Waals surface area contributed by atoms with Crippen molar-refractivity contribution in [3.63, 3.8) is 0 Å². The summed E-state index contributed by atoms with van der Waals surface area (Å²) in [6.45, 7) is 7.37. The summed E-state index contributed by atoms with van der Waals surface area (Å²) in [7, 11) is 0. The van der Waals surface area contributed by atoms with Crippen molar-refractivity contribution < 1.29 is 4.74 Å². The molecule has 1 aromatic rings. The lowest BCUT2D eigenvalue weighted by Gasteiger charge is -2.41. The maximum absolute atomic E-state index is 5.62. The average Bonchev–Trinajstić information content (AvgIpc) is 2.48. The van der Waals surface area contributed by atoms with Gasteiger partial charge < -0.3 is 9.64 Å². The van der Waals surface area contributed by atoms with E-state index < -0.39 is 0 Å². The van der Waals surface area contributed by atoms with E-state index in [0.717, 1.165) is 38.6 Å². The molecule has 3 heterocycles. The Labute approximate surface area is 114 Å². The highest BCUT2D eigenvalue weighted by atomic mass is 16.5. The highest BCUT2D eigenvalue weighted by Gasteiger charge is 2.28. The van der Waals surface area contributed by atoms with Gasteiger partial charge in [0, 0.05) is 44.6 Å². The Balaban J connectivity index is 1.54. The number of morpholine rings is 1. The Hall–Kier alpha value is -1.20. The summed E-state index contributed by atoms with van der Waals surface area (Å²) in [4.78, 5) is 13.5. The summed E-state index contributed by atoms with van der Waals surface area (Å²) in [6.07, 6.45) is 8.16. The maximum Gasteiger partial charge on any atom is 0.147 e. The van der Waals surface area contributed by atoms with Crippen molar-refractivity contribution in [2.24, 2.45) is 0 Å². The Morgan fingerprint density at radius 2 is 2.05 bits per heavy atom. The Morgan fingerprint density at radius 3 is 2.74 bits per heavy atom. The van der Waals surface area contributed by atoms with Crippen molar-refractivity contribution in [2.75, 3.05) is 37.7 Å². The van der Waals surface area contributed by atoms with Crippen LogP contribution in [0.5, 0.6) is 0 Å². The minimum atomic E-state index is 0.381. The molecular formula is C14H22N4O. The number of nitrogens with zero attached hydrogens (tertiary/aromatic N) is 4. The fourth-order valence-corrected chi connectivity index (χ4v) is 3.09. The van der Waals surface area contributed by atoms with Gasteiger partial charge in [0.25, 0.3) is 0 Å². The first-order valence-corrected chi connectivity index (χ1v) is 7.19. The molecule has 1 aromatic heterocycles. The quantitative estimate of drug-likeness (QED) is 0.800. The molecule has 19 heavy (non-hydrogen) atoms. The third-order valence-corrected chi connectivity index (χ3v) is 4.13. The van der Waals surface area contributed by atoms with Gasteiger partial charge in [0.05, 0.1) is 18.9 Å². The first-order chi connectivity index (χ1) is 9.33. The van der Waals surface area contributed by atoms with Gasteiger partial charge in [0.1, 0.15) is 5.82 Å². The van der Waals surface area contributed by atoms with Crippen LogP contribution in [-0.4, -0.2) is 59.8 Å². The van der Waals surface area contributed by atoms with Gasteiger partial charge in [-0.25, -0.2) is 4.98 Å². The van der Waals surface area contributed by atoms with Crippen LogP contribution >= 0.6 is 0 Å². The van der Waals surface area contributed by atoms with Crippen molar-refractivity contribution in [1.29, 1.82) is 0 Å². The number of aromatic nitrogens is 2. The number of hydrogen-bond donors (Lipinski definition) is 0. The molecular weight excluding hydrogens is 240 g/mol. The molecule has 0 bridgehead atoms. The zero-order valence-corrected chi connectivity index (χ0v) is 11.5. The molecule has 5 heteroatoms. The lowest BCUT2D eigenvalue weighted by Crippen LogP contribution is -2.51. The molecule has 2 aliphatic heterocycles. The summed E-state index contributed by atoms with van der Waals surface area (Å²) >= 11 is 0. The molecule has 0 saturated carbocycles. The second-order valence-electron chi connectivity index (χ2n) is 5.46. The van der Waals surface area contributed by atoms with Gasteiger partial charge in [0.15, 0.2) is 0 Å². The Kier molecular flexibility index (Phi) is 3.94. The predicted octanol–water partition coefficient (Wildman–Crippen LogP) is 1.17. The third-order valence-electron chi connectivity index (χ3n) is 4.13. The first kappa shape index (κ1) is 12.8. The molecule has 1 atom stereocenters. The van der Waals surface area contributed by atoms with E-state index in [1.54, 1.807) is 12.4 Å². The lowest BCUT2D eigenvalue weighted by molar-refractivity contribution is -0.0373. The summed E-state index contributed by atoms with van der Waals surface area (Å²) in [5.41, 5.74) is 0. The number of rotatable bonds is 2. The first-order valence-electron chi connectivity index (χ1n) is 7.19. The molecule has 2 saturated heterocycles. The van der Waals surface area contributed by atoms with Gasteiger partial charge in [0.2, 0.25) is 0 Å². The van der Waals surface area contributed by atoms with Crippen LogP contribution in [-0.2, 0) is 4.74 Å². The molecule has 2 fully saturated rings. The van der Waals surface area contributed by atoms with Gasteiger partial charge in [-0.2, -0.15) is 0 Å². The van der Waals surface area contributed by atoms with Gasteiger partial charge >= 0.3 is 0 Å². The molecule has 0 N–H and O–H groups in total. The molecule has 0 radical (unpaired) electrons. The van der Waals surface area contributed by atoms with Crippen LogP contribution in [0.15, 0.2) is 18.6 Å². The van der Waals surface area contributed by atoms with Crippen LogP contribution in [0.25, 0.3) is 0 Å². The minimum absolute atomic E-state index is 0.381. The zero-order chi connectivity index (χ0) is 13.1. The average molecular weight is 262 g/mol. The van der Waals surface area contributed by atoms with E-state index in [1.165, 1.54) is 12.8 Å². The SMILES string of the molecule is C[C@@H]1CN(C2CCN(c3cnccn3)CC2)CCO1. The molecule has 104 valence electrons. The van der Waals surface area contributed by atoms with E-state index in [2.05, 4.69) is 26.7 Å². The normalized spacial score (nSPS) is 26.6. The summed E-state index contributed by atoms with van der Waals surface area (Å²) in [5, 5.41) is 0. The fourth-order valence-electron chi connectivity index (χ4n) is 3.09. The van der Waals surface area contributed by atoms with Crippen molar-refractivity contribution >= 4 is 5.82 Å². The minimum Gasteiger partial charge on any atom is -0.376 e. The zero-order valence-electron chi connectivity index (χ0n) is 11.5. The van der Waals surface area contributed by atoms with E-state index in [1.807, 2.05) is 6.20 Å². The van der Waals surface area contributed by atoms with E-state index in [-0.39, 0.29) is 0 Å². The van der Waals surface area contributed by atoms with Crippen LogP contribution in [0.4, 0.5) is 5.82 Å². The molecule has 0 amide bonds. The van der Waals surface area contributed by atoms with Gasteiger partial charge in [-0.05, 0) is 19.8 Å². The summed E-state index contributed by atoms with van der Waals surface area (Å²) in [5.74, 6) is 1.01. The maximum atomic E-state index is 5.62. The van der Waals surface area contributed by atoms with Gasteiger partial charge in [-0.15, -0.1) is 0 Å². The Bertz CT molecular complexity index is 392. The molecule has 0 unspecified atom stereocenters. The second-order valence-corrected chi connectivity index (χ2v) is 5.46. The van der Waals surface area contributed by atoms with Crippen molar-refractivity contribution in [2.45, 2.75) is 31.9 Å². The molecule has 0 spiro atoms. The topological polar surface area (TPSA) is 41.5 Å². The molecule has 0 aliphatic carbocycles. The molecule has 2 aliphatic rings. The molecule has 5 nitrogen and oxygen atoms in total. The van der Waals surface area contributed by atoms with Crippen molar-refractivity contribution in [1.82, 2.24) is 14.9 Å². The Morgan fingerprint density at radius 1 is 1.21 bits per heavy atom. The second kappa shape index (κ2) is 5.84. The summed E-state index contributed by atoms with van der Waals surface area (Å²) in [6, 6.07) is 0.708. The van der Waals surface area contributed by atoms with Crippen LogP contribution < -0.4 is 4.90 Å². The van der Waals surface area contributed by atoms with E-state index in [0.29, 0.717) is 12.1 Å². The van der Waals surface area contributed by atoms with Crippen LogP contribution in [0.3, 0.4) is 0 Å². The summed E-state index contributed by atoms with van der Waals surface area (Å²) < 4.78 is 5.62. The van der Waals surface area contributed by atoms with Gasteiger partial charge in [-0.3, -0.25) is 9.88 Å². The van der Waals surface area contributed by atoms with Crippen molar-refractivity contribution in [3.8, 4) is 0 Å². The van der Waals surface area contributed by atoms with Crippen LogP contribution in [0, 0.1) is 0 Å². The molecule has 0 aromatic carbocycles. The standard InChI is InChI=1S/C14H22N4O/c1-12-11-18(8-9-19-12)13-2-6-17(7-3-13)14-10-15-4-5-16-14/h4-5,10,12-13H,2-3,6-9,11H2,1H3/t12-/m1/s1. The highest BCUT2D eigenvalue weighted by molar-refractivity contribution is 5.35. The largest absolute Gasteiger partial charge is 0.376 e. The van der Waals surface area contributed by atoms with Crippen LogP contribution in [0.2, 0.25) is 0 Å². The van der Waals surface area contributed by atoms with Crippen LogP contribution in [0.1, 0.15) is 19.8 Å². The smallest absolute Gasteiger partial charge is 0.147 e. The lowest BCUT2D eigenvalue weighted by atomic mass is 10.0.